The van der Waals surface area contributed by atoms with E-state index < -0.39 is 24.6 Å². The molecule has 0 saturated carbocycles. The van der Waals surface area contributed by atoms with E-state index in [4.69, 9.17) is 0 Å². The topological polar surface area (TPSA) is 55.8 Å². The molecule has 0 aromatic heterocycles. The summed E-state index contributed by atoms with van der Waals surface area (Å²) in [7, 11) is 1.25. The Kier molecular flexibility index (Phi) is 5.69. The van der Waals surface area contributed by atoms with Crippen molar-refractivity contribution in [2.45, 2.75) is 26.1 Å². The fourth-order valence-electron chi connectivity index (χ4n) is 1.72. The van der Waals surface area contributed by atoms with Crippen LogP contribution >= 0.6 is 0 Å². The Bertz CT molecular complexity index is 423. The molecular weight excluding hydrogens is 258 g/mol. The largest absolute Gasteiger partial charge is 0.469 e. The van der Waals surface area contributed by atoms with Crippen molar-refractivity contribution in [1.82, 2.24) is 0 Å². The third-order valence-corrected chi connectivity index (χ3v) is 2.67. The zero-order valence-electron chi connectivity index (χ0n) is 10.7. The molecule has 0 heterocycles. The van der Waals surface area contributed by atoms with Crippen LogP contribution in [0.2, 0.25) is 0 Å². The van der Waals surface area contributed by atoms with Gasteiger partial charge in [-0.25, -0.2) is 0 Å². The number of hydrogen-bond donors (Lipinski definition) is 1. The number of esters is 1. The molecule has 0 spiro atoms. The Labute approximate surface area is 109 Å². The molecule has 0 bridgehead atoms. The van der Waals surface area contributed by atoms with Crippen LogP contribution in [0.15, 0.2) is 24.3 Å². The van der Waals surface area contributed by atoms with E-state index in [0.29, 0.717) is 0 Å². The number of rotatable bonds is 6. The van der Waals surface area contributed by atoms with Gasteiger partial charge in [0.25, 0.3) is 0 Å². The zero-order chi connectivity index (χ0) is 14.4. The molecule has 106 valence electrons. The maximum absolute atomic E-state index is 12.2. The normalized spacial score (nSPS) is 14.0. The number of halogens is 2. The molecule has 0 aliphatic rings. The average molecular weight is 274 g/mol. The molecule has 0 amide bonds. The van der Waals surface area contributed by atoms with Crippen molar-refractivity contribution in [3.63, 3.8) is 0 Å². The lowest BCUT2D eigenvalue weighted by atomic mass is 9.97. The van der Waals surface area contributed by atoms with Gasteiger partial charge in [-0.15, -0.1) is 0 Å². The number of aliphatic hydroxyl groups is 1. The summed E-state index contributed by atoms with van der Waals surface area (Å²) in [5.74, 6) is -1.10. The molecule has 1 aromatic carbocycles. The summed E-state index contributed by atoms with van der Waals surface area (Å²) >= 11 is 0. The number of carbonyl (C=O) groups is 1. The minimum Gasteiger partial charge on any atom is -0.469 e. The van der Waals surface area contributed by atoms with Gasteiger partial charge in [0.15, 0.2) is 0 Å². The summed E-state index contributed by atoms with van der Waals surface area (Å²) in [5.41, 5.74) is 0.221. The van der Waals surface area contributed by atoms with Crippen LogP contribution in [0.1, 0.15) is 25.0 Å². The van der Waals surface area contributed by atoms with E-state index in [1.807, 2.05) is 0 Å². The van der Waals surface area contributed by atoms with E-state index in [-0.39, 0.29) is 17.7 Å². The van der Waals surface area contributed by atoms with E-state index in [1.54, 1.807) is 13.0 Å². The number of ether oxygens (including phenoxy) is 2. The van der Waals surface area contributed by atoms with Crippen molar-refractivity contribution in [3.05, 3.63) is 29.8 Å². The molecule has 2 atom stereocenters. The predicted octanol–water partition coefficient (Wildman–Crippen LogP) is 2.52. The van der Waals surface area contributed by atoms with E-state index >= 15 is 0 Å². The Hall–Kier alpha value is -1.69. The van der Waals surface area contributed by atoms with Crippen LogP contribution in [0, 0.1) is 5.92 Å². The minimum atomic E-state index is -2.97. The van der Waals surface area contributed by atoms with Crippen LogP contribution in [0.3, 0.4) is 0 Å². The van der Waals surface area contributed by atoms with Crippen molar-refractivity contribution < 1.29 is 28.2 Å². The summed E-state index contributed by atoms with van der Waals surface area (Å²) in [6.45, 7) is -1.38. The number of aliphatic hydroxyl groups excluding tert-OH is 1. The summed E-state index contributed by atoms with van der Waals surface area (Å²) in [4.78, 5) is 11.3. The van der Waals surface area contributed by atoms with Crippen LogP contribution in [0.25, 0.3) is 0 Å². The van der Waals surface area contributed by atoms with Gasteiger partial charge in [0, 0.05) is 5.56 Å². The highest BCUT2D eigenvalue weighted by atomic mass is 19.3. The van der Waals surface area contributed by atoms with Gasteiger partial charge in [-0.1, -0.05) is 25.1 Å². The summed E-state index contributed by atoms with van der Waals surface area (Å²) in [6.07, 6.45) is -1.01. The quantitative estimate of drug-likeness (QED) is 0.810. The van der Waals surface area contributed by atoms with Gasteiger partial charge in [-0.3, -0.25) is 4.79 Å². The van der Waals surface area contributed by atoms with Crippen molar-refractivity contribution >= 4 is 5.97 Å². The number of alkyl halides is 2. The number of para-hydroxylation sites is 1. The van der Waals surface area contributed by atoms with Gasteiger partial charge in [0.2, 0.25) is 0 Å². The molecule has 0 fully saturated rings. The summed E-state index contributed by atoms with van der Waals surface area (Å²) in [5, 5.41) is 10.00. The molecule has 1 rings (SSSR count). The first-order chi connectivity index (χ1) is 8.95. The number of methoxy groups -OCH3 is 1. The van der Waals surface area contributed by atoms with Gasteiger partial charge in [-0.05, 0) is 12.5 Å². The first-order valence-electron chi connectivity index (χ1n) is 5.75. The van der Waals surface area contributed by atoms with Crippen LogP contribution in [0.4, 0.5) is 8.78 Å². The highest BCUT2D eigenvalue weighted by molar-refractivity contribution is 5.71. The standard InChI is InChI=1S/C13H16F2O4/c1-8(12(17)18-2)7-10(16)9-5-3-4-6-11(9)19-13(14)15/h3-6,8,10,13,16H,7H2,1-2H3. The Balaban J connectivity index is 2.81. The fourth-order valence-corrected chi connectivity index (χ4v) is 1.72. The molecule has 19 heavy (non-hydrogen) atoms. The van der Waals surface area contributed by atoms with E-state index in [9.17, 15) is 18.7 Å². The van der Waals surface area contributed by atoms with E-state index in [2.05, 4.69) is 9.47 Å². The molecule has 0 aliphatic carbocycles. The number of benzene rings is 1. The molecule has 0 radical (unpaired) electrons. The van der Waals surface area contributed by atoms with Crippen molar-refractivity contribution in [3.8, 4) is 5.75 Å². The SMILES string of the molecule is COC(=O)C(C)CC(O)c1ccccc1OC(F)F. The molecule has 6 heteroatoms. The molecule has 1 N–H and O–H groups in total. The molecular formula is C13H16F2O4. The summed E-state index contributed by atoms with van der Waals surface area (Å²) < 4.78 is 33.3. The predicted molar refractivity (Wildman–Crippen MR) is 63.8 cm³/mol. The second kappa shape index (κ2) is 7.04. The Morgan fingerprint density at radius 2 is 2.00 bits per heavy atom. The smallest absolute Gasteiger partial charge is 0.387 e. The highest BCUT2D eigenvalue weighted by Gasteiger charge is 2.22. The lowest BCUT2D eigenvalue weighted by Gasteiger charge is -2.18. The molecule has 0 aliphatic heterocycles. The van der Waals surface area contributed by atoms with Crippen LogP contribution in [-0.4, -0.2) is 24.8 Å². The minimum absolute atomic E-state index is 0.0658. The monoisotopic (exact) mass is 274 g/mol. The zero-order valence-corrected chi connectivity index (χ0v) is 10.7. The van der Waals surface area contributed by atoms with Gasteiger partial charge < -0.3 is 14.6 Å². The highest BCUT2D eigenvalue weighted by Crippen LogP contribution is 2.30. The van der Waals surface area contributed by atoms with E-state index in [1.165, 1.54) is 25.3 Å². The first kappa shape index (κ1) is 15.4. The lowest BCUT2D eigenvalue weighted by Crippen LogP contribution is -2.16. The van der Waals surface area contributed by atoms with Crippen LogP contribution < -0.4 is 4.74 Å². The molecule has 0 saturated heterocycles. The fraction of sp³-hybridized carbons (Fsp3) is 0.462. The number of carbonyl (C=O) groups excluding carboxylic acids is 1. The van der Waals surface area contributed by atoms with E-state index in [0.717, 1.165) is 0 Å². The van der Waals surface area contributed by atoms with Crippen molar-refractivity contribution in [2.24, 2.45) is 5.92 Å². The molecule has 2 unspecified atom stereocenters. The second-order valence-corrected chi connectivity index (χ2v) is 4.09. The van der Waals surface area contributed by atoms with Gasteiger partial charge in [-0.2, -0.15) is 8.78 Å². The Morgan fingerprint density at radius 3 is 2.58 bits per heavy atom. The van der Waals surface area contributed by atoms with Gasteiger partial charge >= 0.3 is 12.6 Å². The maximum Gasteiger partial charge on any atom is 0.387 e. The maximum atomic E-state index is 12.2. The second-order valence-electron chi connectivity index (χ2n) is 4.09. The Morgan fingerprint density at radius 1 is 1.37 bits per heavy atom. The number of hydrogen-bond acceptors (Lipinski definition) is 4. The molecule has 4 nitrogen and oxygen atoms in total. The average Bonchev–Trinajstić information content (AvgIpc) is 2.37. The molecule has 1 aromatic rings. The van der Waals surface area contributed by atoms with Gasteiger partial charge in [0.05, 0.1) is 19.1 Å². The van der Waals surface area contributed by atoms with Crippen LogP contribution in [-0.2, 0) is 9.53 Å². The lowest BCUT2D eigenvalue weighted by molar-refractivity contribution is -0.145. The third kappa shape index (κ3) is 4.48. The third-order valence-electron chi connectivity index (χ3n) is 2.67. The van der Waals surface area contributed by atoms with Crippen LogP contribution in [0.5, 0.6) is 5.75 Å². The van der Waals surface area contributed by atoms with Crippen molar-refractivity contribution in [2.75, 3.05) is 7.11 Å². The van der Waals surface area contributed by atoms with Gasteiger partial charge in [0.1, 0.15) is 5.75 Å². The summed E-state index contributed by atoms with van der Waals surface area (Å²) in [6, 6.07) is 5.94. The first-order valence-corrected chi connectivity index (χ1v) is 5.75. The van der Waals surface area contributed by atoms with Crippen molar-refractivity contribution in [1.29, 1.82) is 0 Å².